The molecular weight excluding hydrogens is 539 g/mol. The maximum atomic E-state index is 14.9. The van der Waals surface area contributed by atoms with Crippen molar-refractivity contribution in [2.45, 2.75) is 63.2 Å². The van der Waals surface area contributed by atoms with Crippen molar-refractivity contribution >= 4 is 26.8 Å². The molecule has 5 rings (SSSR count). The topological polar surface area (TPSA) is 155 Å². The van der Waals surface area contributed by atoms with Crippen LogP contribution in [0.4, 0.5) is 10.2 Å². The van der Waals surface area contributed by atoms with E-state index in [0.29, 0.717) is 17.1 Å². The summed E-state index contributed by atoms with van der Waals surface area (Å²) in [6.07, 6.45) is 6.13. The molecule has 210 valence electrons. The third-order valence-corrected chi connectivity index (χ3v) is 8.14. The fourth-order valence-electron chi connectivity index (χ4n) is 4.25. The lowest BCUT2D eigenvalue weighted by atomic mass is 10.1. The number of methoxy groups -OCH3 is 1. The van der Waals surface area contributed by atoms with Gasteiger partial charge in [-0.1, -0.05) is 6.92 Å². The average Bonchev–Trinajstić information content (AvgIpc) is 3.78. The van der Waals surface area contributed by atoms with E-state index >= 15 is 0 Å². The van der Waals surface area contributed by atoms with Crippen LogP contribution >= 0.6 is 0 Å². The number of ether oxygens (including phenoxy) is 1. The van der Waals surface area contributed by atoms with Crippen LogP contribution in [0.5, 0.6) is 5.88 Å². The maximum absolute atomic E-state index is 14.9. The largest absolute Gasteiger partial charge is 0.480 e. The Kier molecular flexibility index (Phi) is 7.21. The van der Waals surface area contributed by atoms with Gasteiger partial charge in [0.2, 0.25) is 5.88 Å². The number of aromatic nitrogens is 7. The van der Waals surface area contributed by atoms with Crippen molar-refractivity contribution in [1.29, 1.82) is 0 Å². The summed E-state index contributed by atoms with van der Waals surface area (Å²) in [5.41, 5.74) is -0.0922. The van der Waals surface area contributed by atoms with Gasteiger partial charge >= 0.3 is 0 Å². The van der Waals surface area contributed by atoms with Gasteiger partial charge in [-0.3, -0.25) is 14.3 Å². The van der Waals surface area contributed by atoms with Crippen molar-refractivity contribution in [2.24, 2.45) is 0 Å². The van der Waals surface area contributed by atoms with Crippen LogP contribution < -0.4 is 15.6 Å². The highest BCUT2D eigenvalue weighted by molar-refractivity contribution is 7.91. The molecule has 1 saturated carbocycles. The molecule has 14 heteroatoms. The summed E-state index contributed by atoms with van der Waals surface area (Å²) in [6, 6.07) is 3.02. The zero-order valence-electron chi connectivity index (χ0n) is 22.5. The summed E-state index contributed by atoms with van der Waals surface area (Å²) < 4.78 is 45.7. The van der Waals surface area contributed by atoms with Gasteiger partial charge in [0.15, 0.2) is 27.1 Å². The second-order valence-electron chi connectivity index (χ2n) is 10.1. The van der Waals surface area contributed by atoms with E-state index in [2.05, 4.69) is 35.2 Å². The SMILES string of the molecule is CCS(=O)(=O)c1ccc(CNc2nc3cnc(-c4c(OC)ncnc4C4CC4)nc3n(CC(C)(C)F)c2=O)nc1. The lowest BCUT2D eigenvalue weighted by molar-refractivity contribution is 0.186. The van der Waals surface area contributed by atoms with Gasteiger partial charge in [0.05, 0.1) is 48.4 Å². The van der Waals surface area contributed by atoms with E-state index in [4.69, 9.17) is 4.74 Å². The number of sulfone groups is 1. The van der Waals surface area contributed by atoms with E-state index in [-0.39, 0.29) is 52.5 Å². The highest BCUT2D eigenvalue weighted by Gasteiger charge is 2.32. The molecule has 4 aromatic rings. The molecule has 0 aromatic carbocycles. The Morgan fingerprint density at radius 3 is 2.52 bits per heavy atom. The maximum Gasteiger partial charge on any atom is 0.295 e. The second-order valence-corrected chi connectivity index (χ2v) is 12.4. The summed E-state index contributed by atoms with van der Waals surface area (Å²) in [5.74, 6) is 0.734. The van der Waals surface area contributed by atoms with Gasteiger partial charge in [-0.05, 0) is 38.8 Å². The number of hydrogen-bond acceptors (Lipinski definition) is 11. The molecule has 4 aromatic heterocycles. The molecule has 0 bridgehead atoms. The lowest BCUT2D eigenvalue weighted by Crippen LogP contribution is -2.33. The number of alkyl halides is 1. The molecule has 12 nitrogen and oxygen atoms in total. The van der Waals surface area contributed by atoms with E-state index in [9.17, 15) is 17.6 Å². The zero-order chi connectivity index (χ0) is 28.7. The average molecular weight is 569 g/mol. The molecular formula is C26H29FN8O4S. The first-order valence-corrected chi connectivity index (χ1v) is 14.4. The number of halogens is 1. The van der Waals surface area contributed by atoms with Crippen molar-refractivity contribution in [1.82, 2.24) is 34.5 Å². The summed E-state index contributed by atoms with van der Waals surface area (Å²) in [6.45, 7) is 4.10. The van der Waals surface area contributed by atoms with Crippen molar-refractivity contribution in [3.63, 3.8) is 0 Å². The third kappa shape index (κ3) is 5.62. The Morgan fingerprint density at radius 1 is 1.12 bits per heavy atom. The van der Waals surface area contributed by atoms with Gasteiger partial charge in [0.25, 0.3) is 5.56 Å². The van der Waals surface area contributed by atoms with Gasteiger partial charge in [0, 0.05) is 12.1 Å². The minimum Gasteiger partial charge on any atom is -0.480 e. The van der Waals surface area contributed by atoms with Crippen LogP contribution in [-0.4, -0.2) is 61.4 Å². The molecule has 1 N–H and O–H groups in total. The van der Waals surface area contributed by atoms with Crippen LogP contribution in [0.15, 0.2) is 40.5 Å². The van der Waals surface area contributed by atoms with Crippen molar-refractivity contribution in [3.05, 3.63) is 52.6 Å². The van der Waals surface area contributed by atoms with Crippen molar-refractivity contribution in [3.8, 4) is 17.3 Å². The molecule has 0 spiro atoms. The molecule has 0 radical (unpaired) electrons. The number of anilines is 1. The number of nitrogens with one attached hydrogen (secondary N) is 1. The van der Waals surface area contributed by atoms with Gasteiger partial charge in [-0.25, -0.2) is 37.7 Å². The first-order chi connectivity index (χ1) is 19.0. The third-order valence-electron chi connectivity index (χ3n) is 6.42. The number of rotatable bonds is 10. The standard InChI is InChI=1S/C26H29FN8O4S/c1-5-40(37,38)17-9-8-16(28-11-17)10-29-22-25(36)35(13-26(2,3)27)23-18(33-22)12-30-21(34-23)19-20(15-6-7-15)31-14-32-24(19)39-4/h8-9,11-12,14-15H,5-7,10,13H2,1-4H3,(H,29,33). The van der Waals surface area contributed by atoms with E-state index in [1.54, 1.807) is 13.0 Å². The van der Waals surface area contributed by atoms with Gasteiger partial charge < -0.3 is 10.1 Å². The predicted octanol–water partition coefficient (Wildman–Crippen LogP) is 3.08. The fourth-order valence-corrected chi connectivity index (χ4v) is 5.07. The molecule has 1 aliphatic carbocycles. The predicted molar refractivity (Wildman–Crippen MR) is 146 cm³/mol. The molecule has 0 unspecified atom stereocenters. The van der Waals surface area contributed by atoms with Crippen molar-refractivity contribution < 1.29 is 17.5 Å². The summed E-state index contributed by atoms with van der Waals surface area (Å²) in [7, 11) is -1.89. The second kappa shape index (κ2) is 10.5. The molecule has 0 saturated heterocycles. The molecule has 1 fully saturated rings. The van der Waals surface area contributed by atoms with Crippen LogP contribution in [0.3, 0.4) is 0 Å². The monoisotopic (exact) mass is 568 g/mol. The summed E-state index contributed by atoms with van der Waals surface area (Å²) >= 11 is 0. The zero-order valence-corrected chi connectivity index (χ0v) is 23.4. The Hall–Kier alpha value is -4.07. The fraction of sp³-hybridized carbons (Fsp3) is 0.423. The molecule has 1 aliphatic rings. The number of hydrogen-bond donors (Lipinski definition) is 1. The van der Waals surface area contributed by atoms with Crippen LogP contribution in [0.25, 0.3) is 22.6 Å². The van der Waals surface area contributed by atoms with E-state index in [1.807, 2.05) is 0 Å². The van der Waals surface area contributed by atoms with Crippen molar-refractivity contribution in [2.75, 3.05) is 18.2 Å². The normalized spacial score (nSPS) is 13.9. The Morgan fingerprint density at radius 2 is 1.90 bits per heavy atom. The van der Waals surface area contributed by atoms with Crippen LogP contribution in [0.1, 0.15) is 50.9 Å². The molecule has 4 heterocycles. The minimum absolute atomic E-state index is 0.0342. The van der Waals surface area contributed by atoms with Crippen LogP contribution in [-0.2, 0) is 22.9 Å². The Labute approximate surface area is 230 Å². The Balaban J connectivity index is 1.55. The minimum atomic E-state index is -3.38. The summed E-state index contributed by atoms with van der Waals surface area (Å²) in [5, 5.41) is 2.94. The number of pyridine rings is 1. The smallest absolute Gasteiger partial charge is 0.295 e. The first-order valence-electron chi connectivity index (χ1n) is 12.8. The molecule has 0 atom stereocenters. The number of nitrogens with zero attached hydrogens (tertiary/aromatic N) is 7. The van der Waals surface area contributed by atoms with Crippen LogP contribution in [0, 0.1) is 0 Å². The van der Waals surface area contributed by atoms with E-state index in [0.717, 1.165) is 18.5 Å². The highest BCUT2D eigenvalue weighted by Crippen LogP contribution is 2.44. The van der Waals surface area contributed by atoms with Crippen LogP contribution in [0.2, 0.25) is 0 Å². The summed E-state index contributed by atoms with van der Waals surface area (Å²) in [4.78, 5) is 40.0. The molecule has 0 aliphatic heterocycles. The van der Waals surface area contributed by atoms with Gasteiger partial charge in [0.1, 0.15) is 23.1 Å². The van der Waals surface area contributed by atoms with Gasteiger partial charge in [-0.2, -0.15) is 0 Å². The molecule has 0 amide bonds. The lowest BCUT2D eigenvalue weighted by Gasteiger charge is -2.19. The van der Waals surface area contributed by atoms with Gasteiger partial charge in [-0.15, -0.1) is 0 Å². The Bertz CT molecular complexity index is 1730. The first kappa shape index (κ1) is 27.5. The number of fused-ring (bicyclic) bond motifs is 1. The van der Waals surface area contributed by atoms with E-state index in [1.165, 1.54) is 50.3 Å². The molecule has 40 heavy (non-hydrogen) atoms. The van der Waals surface area contributed by atoms with E-state index < -0.39 is 21.1 Å². The highest BCUT2D eigenvalue weighted by atomic mass is 32.2. The quantitative estimate of drug-likeness (QED) is 0.300.